The van der Waals surface area contributed by atoms with Crippen molar-refractivity contribution in [3.8, 4) is 11.3 Å². The van der Waals surface area contributed by atoms with Gasteiger partial charge in [-0.05, 0) is 82.4 Å². The Balaban J connectivity index is 1.34. The van der Waals surface area contributed by atoms with Crippen molar-refractivity contribution in [3.05, 3.63) is 41.5 Å². The van der Waals surface area contributed by atoms with Crippen LogP contribution in [-0.2, 0) is 0 Å². The van der Waals surface area contributed by atoms with E-state index < -0.39 is 0 Å². The fourth-order valence-corrected chi connectivity index (χ4v) is 5.25. The van der Waals surface area contributed by atoms with Crippen LogP contribution in [0.5, 0.6) is 0 Å². The first-order valence-corrected chi connectivity index (χ1v) is 11.3. The number of imidazole rings is 1. The van der Waals surface area contributed by atoms with E-state index in [4.69, 9.17) is 4.42 Å². The third kappa shape index (κ3) is 3.16. The number of hydrogen-bond acceptors (Lipinski definition) is 6. The number of halogens is 1. The average Bonchev–Trinajstić information content (AvgIpc) is 3.47. The first-order valence-electron chi connectivity index (χ1n) is 11.3. The summed E-state index contributed by atoms with van der Waals surface area (Å²) in [6, 6.07) is 5.79. The van der Waals surface area contributed by atoms with Gasteiger partial charge in [0, 0.05) is 18.7 Å². The summed E-state index contributed by atoms with van der Waals surface area (Å²) in [5.74, 6) is -0.387. The predicted octanol–water partition coefficient (Wildman–Crippen LogP) is 4.22. The molecule has 1 spiro atoms. The van der Waals surface area contributed by atoms with Crippen LogP contribution in [0, 0.1) is 25.1 Å². The van der Waals surface area contributed by atoms with Crippen molar-refractivity contribution in [2.45, 2.75) is 33.1 Å². The Morgan fingerprint density at radius 3 is 2.62 bits per heavy atom. The second-order valence-electron chi connectivity index (χ2n) is 9.64. The molecule has 2 fully saturated rings. The van der Waals surface area contributed by atoms with Crippen LogP contribution >= 0.6 is 0 Å². The molecule has 0 bridgehead atoms. The lowest BCUT2D eigenvalue weighted by atomic mass is 9.78. The van der Waals surface area contributed by atoms with Gasteiger partial charge in [-0.2, -0.15) is 10.1 Å². The summed E-state index contributed by atoms with van der Waals surface area (Å²) in [6.07, 6.45) is 5.40. The third-order valence-electron chi connectivity index (χ3n) is 7.22. The smallest absolute Gasteiger partial charge is 0.298 e. The Hall–Kier alpha value is -3.00. The second kappa shape index (κ2) is 7.00. The molecule has 7 nitrogen and oxygen atoms in total. The van der Waals surface area contributed by atoms with Crippen LogP contribution in [-0.4, -0.2) is 57.7 Å². The van der Waals surface area contributed by atoms with E-state index in [1.54, 1.807) is 4.52 Å². The van der Waals surface area contributed by atoms with Gasteiger partial charge in [-0.1, -0.05) is 0 Å². The molecule has 5 heterocycles. The largest absolute Gasteiger partial charge is 0.423 e. The Kier molecular flexibility index (Phi) is 4.30. The maximum Gasteiger partial charge on any atom is 0.298 e. The number of likely N-dealkylation sites (tertiary alicyclic amines) is 1. The number of benzene rings is 1. The van der Waals surface area contributed by atoms with Crippen molar-refractivity contribution in [3.63, 3.8) is 0 Å². The molecule has 0 radical (unpaired) electrons. The molecule has 0 N–H and O–H groups in total. The van der Waals surface area contributed by atoms with E-state index in [9.17, 15) is 0 Å². The van der Waals surface area contributed by atoms with Crippen molar-refractivity contribution in [2.75, 3.05) is 38.1 Å². The normalized spacial score (nSPS) is 19.1. The number of hydrogen-bond donors (Lipinski definition) is 0. The van der Waals surface area contributed by atoms with Gasteiger partial charge in [0.15, 0.2) is 17.0 Å². The van der Waals surface area contributed by atoms with Crippen LogP contribution in [0.1, 0.15) is 30.5 Å². The number of nitrogens with zero attached hydrogens (tertiary/aromatic N) is 6. The maximum atomic E-state index is 15.0. The fraction of sp³-hybridized carbons (Fsp3) is 0.458. The van der Waals surface area contributed by atoms with Gasteiger partial charge in [-0.3, -0.25) is 0 Å². The minimum Gasteiger partial charge on any atom is -0.423 e. The van der Waals surface area contributed by atoms with Crippen LogP contribution in [0.3, 0.4) is 0 Å². The molecular weight excluding hydrogens is 407 g/mol. The molecule has 1 aromatic carbocycles. The van der Waals surface area contributed by atoms with E-state index in [1.165, 1.54) is 18.9 Å². The van der Waals surface area contributed by atoms with E-state index in [1.807, 2.05) is 32.2 Å². The van der Waals surface area contributed by atoms with Crippen molar-refractivity contribution in [1.29, 1.82) is 0 Å². The third-order valence-corrected chi connectivity index (χ3v) is 7.22. The molecule has 2 aliphatic heterocycles. The van der Waals surface area contributed by atoms with E-state index in [0.29, 0.717) is 28.3 Å². The SMILES string of the molecule is Cc1cn2nc(-c3cc(F)c4nc(N5CCC6(CCN(C)CC6)C5)oc4c3)cc(C)c2n1. The molecule has 166 valence electrons. The van der Waals surface area contributed by atoms with Crippen LogP contribution in [0.4, 0.5) is 10.4 Å². The summed E-state index contributed by atoms with van der Waals surface area (Å²) in [4.78, 5) is 13.6. The molecule has 0 aliphatic carbocycles. The summed E-state index contributed by atoms with van der Waals surface area (Å²) < 4.78 is 22.9. The molecule has 2 saturated heterocycles. The second-order valence-corrected chi connectivity index (χ2v) is 9.64. The molecular formula is C24H27FN6O. The van der Waals surface area contributed by atoms with Crippen molar-refractivity contribution in [1.82, 2.24) is 24.5 Å². The number of oxazole rings is 1. The summed E-state index contributed by atoms with van der Waals surface area (Å²) in [7, 11) is 2.18. The number of aryl methyl sites for hydroxylation is 2. The Bertz CT molecular complexity index is 1330. The van der Waals surface area contributed by atoms with Gasteiger partial charge in [-0.25, -0.2) is 13.9 Å². The van der Waals surface area contributed by atoms with Gasteiger partial charge in [0.1, 0.15) is 5.52 Å². The van der Waals surface area contributed by atoms with Gasteiger partial charge in [0.05, 0.1) is 17.6 Å². The number of piperidine rings is 1. The van der Waals surface area contributed by atoms with E-state index in [-0.39, 0.29) is 11.3 Å². The minimum absolute atomic E-state index is 0.282. The number of fused-ring (bicyclic) bond motifs is 2. The number of aromatic nitrogens is 4. The molecule has 6 rings (SSSR count). The van der Waals surface area contributed by atoms with E-state index >= 15 is 4.39 Å². The highest BCUT2D eigenvalue weighted by molar-refractivity contribution is 5.81. The summed E-state index contributed by atoms with van der Waals surface area (Å²) in [5, 5.41) is 4.63. The Labute approximate surface area is 185 Å². The highest BCUT2D eigenvalue weighted by atomic mass is 19.1. The molecule has 0 unspecified atom stereocenters. The van der Waals surface area contributed by atoms with Gasteiger partial charge in [-0.15, -0.1) is 0 Å². The lowest BCUT2D eigenvalue weighted by Gasteiger charge is -2.37. The summed E-state index contributed by atoms with van der Waals surface area (Å²) in [6.45, 7) is 8.02. The highest BCUT2D eigenvalue weighted by Crippen LogP contribution is 2.42. The predicted molar refractivity (Wildman–Crippen MR) is 121 cm³/mol. The van der Waals surface area contributed by atoms with Gasteiger partial charge in [0.2, 0.25) is 0 Å². The number of anilines is 1. The Morgan fingerprint density at radius 1 is 1.03 bits per heavy atom. The molecule has 3 aromatic heterocycles. The maximum absolute atomic E-state index is 15.0. The quantitative estimate of drug-likeness (QED) is 0.471. The zero-order chi connectivity index (χ0) is 22.0. The lowest BCUT2D eigenvalue weighted by Crippen LogP contribution is -2.39. The minimum atomic E-state index is -0.387. The summed E-state index contributed by atoms with van der Waals surface area (Å²) >= 11 is 0. The number of rotatable bonds is 2. The van der Waals surface area contributed by atoms with E-state index in [2.05, 4.69) is 31.9 Å². The van der Waals surface area contributed by atoms with Gasteiger partial charge >= 0.3 is 0 Å². The first kappa shape index (κ1) is 19.7. The molecule has 0 atom stereocenters. The molecule has 0 saturated carbocycles. The standard InChI is InChI=1S/C24H27FN6O/c1-15-10-19(28-31-13-16(2)26-22(15)31)17-11-18(25)21-20(12-17)32-23(27-21)30-9-6-24(14-30)4-7-29(3)8-5-24/h10-13H,4-9,14H2,1-3H3. The molecule has 2 aliphatic rings. The van der Waals surface area contributed by atoms with Crippen LogP contribution in [0.25, 0.3) is 28.0 Å². The highest BCUT2D eigenvalue weighted by Gasteiger charge is 2.41. The average molecular weight is 435 g/mol. The molecule has 8 heteroatoms. The van der Waals surface area contributed by atoms with Crippen LogP contribution < -0.4 is 4.90 Å². The molecule has 32 heavy (non-hydrogen) atoms. The zero-order valence-corrected chi connectivity index (χ0v) is 18.7. The zero-order valence-electron chi connectivity index (χ0n) is 18.7. The van der Waals surface area contributed by atoms with Crippen molar-refractivity contribution in [2.24, 2.45) is 5.41 Å². The monoisotopic (exact) mass is 434 g/mol. The lowest BCUT2D eigenvalue weighted by molar-refractivity contribution is 0.141. The molecule has 4 aromatic rings. The summed E-state index contributed by atoms with van der Waals surface area (Å²) in [5.41, 5.74) is 5.11. The Morgan fingerprint density at radius 2 is 1.81 bits per heavy atom. The van der Waals surface area contributed by atoms with Gasteiger partial charge in [0.25, 0.3) is 6.01 Å². The van der Waals surface area contributed by atoms with Gasteiger partial charge < -0.3 is 14.2 Å². The fourth-order valence-electron chi connectivity index (χ4n) is 5.25. The van der Waals surface area contributed by atoms with Crippen molar-refractivity contribution >= 4 is 22.8 Å². The van der Waals surface area contributed by atoms with Crippen molar-refractivity contribution < 1.29 is 8.81 Å². The topological polar surface area (TPSA) is 62.7 Å². The van der Waals surface area contributed by atoms with Crippen LogP contribution in [0.15, 0.2) is 28.8 Å². The van der Waals surface area contributed by atoms with E-state index in [0.717, 1.165) is 49.5 Å². The van der Waals surface area contributed by atoms with Crippen LogP contribution in [0.2, 0.25) is 0 Å². The molecule has 0 amide bonds. The first-order chi connectivity index (χ1) is 15.4.